The fraction of sp³-hybridized carbons (Fsp3) is 0.556. The van der Waals surface area contributed by atoms with Crippen molar-refractivity contribution in [1.29, 1.82) is 0 Å². The molecule has 0 spiro atoms. The van der Waals surface area contributed by atoms with Crippen LogP contribution in [-0.2, 0) is 15.7 Å². The largest absolute Gasteiger partial charge is 0.429 e. The molecule has 1 fully saturated rings. The average Bonchev–Trinajstić information content (AvgIpc) is 2.60. The second-order valence-corrected chi connectivity index (χ2v) is 6.61. The second-order valence-electron chi connectivity index (χ2n) is 6.61. The van der Waals surface area contributed by atoms with Crippen molar-refractivity contribution in [3.8, 4) is 5.75 Å². The lowest BCUT2D eigenvalue weighted by Gasteiger charge is -2.33. The molecule has 0 radical (unpaired) electrons. The maximum absolute atomic E-state index is 14.3. The summed E-state index contributed by atoms with van der Waals surface area (Å²) in [5.41, 5.74) is -2.57. The molecule has 1 saturated heterocycles. The minimum Gasteiger partial charge on any atom is -0.429 e. The van der Waals surface area contributed by atoms with Crippen molar-refractivity contribution in [3.05, 3.63) is 41.0 Å². The van der Waals surface area contributed by atoms with Crippen LogP contribution in [0.1, 0.15) is 31.2 Å². The highest BCUT2D eigenvalue weighted by Gasteiger charge is 2.42. The quantitative estimate of drug-likeness (QED) is 0.485. The predicted molar refractivity (Wildman–Crippen MR) is 82.7 cm³/mol. The van der Waals surface area contributed by atoms with Gasteiger partial charge >= 0.3 is 12.3 Å². The lowest BCUT2D eigenvalue weighted by Crippen LogP contribution is -2.35. The Morgan fingerprint density at radius 1 is 0.964 bits per heavy atom. The van der Waals surface area contributed by atoms with Crippen LogP contribution >= 0.6 is 0 Å². The van der Waals surface area contributed by atoms with E-state index >= 15 is 0 Å². The van der Waals surface area contributed by atoms with Gasteiger partial charge in [-0.15, -0.1) is 0 Å². The normalized spacial score (nSPS) is 22.1. The molecule has 3 nitrogen and oxygen atoms in total. The smallest absolute Gasteiger partial charge is 0.422 e. The third-order valence-corrected chi connectivity index (χ3v) is 4.61. The van der Waals surface area contributed by atoms with Crippen molar-refractivity contribution in [2.24, 2.45) is 5.92 Å². The van der Waals surface area contributed by atoms with Crippen LogP contribution in [0.15, 0.2) is 23.8 Å². The van der Waals surface area contributed by atoms with Crippen LogP contribution in [0.4, 0.5) is 30.7 Å². The number of hydrogen-bond donors (Lipinski definition) is 0. The highest BCUT2D eigenvalue weighted by molar-refractivity contribution is 5.33. The Bertz CT molecular complexity index is 716. The first-order chi connectivity index (χ1) is 13.1. The van der Waals surface area contributed by atoms with Crippen LogP contribution in [0.25, 0.3) is 0 Å². The van der Waals surface area contributed by atoms with Crippen LogP contribution in [0, 0.1) is 17.6 Å². The van der Waals surface area contributed by atoms with Gasteiger partial charge in [0.15, 0.2) is 6.29 Å². The lowest BCUT2D eigenvalue weighted by atomic mass is 9.88. The van der Waals surface area contributed by atoms with Crippen molar-refractivity contribution in [2.75, 3.05) is 13.2 Å². The zero-order valence-corrected chi connectivity index (χ0v) is 14.5. The summed E-state index contributed by atoms with van der Waals surface area (Å²) >= 11 is 0. The average molecular weight is 414 g/mol. The summed E-state index contributed by atoms with van der Waals surface area (Å²) in [7, 11) is 0. The molecule has 0 N–H and O–H groups in total. The fourth-order valence-corrected chi connectivity index (χ4v) is 3.24. The number of alkyl halides is 5. The van der Waals surface area contributed by atoms with E-state index in [0.29, 0.717) is 19.6 Å². The number of ether oxygens (including phenoxy) is 3. The Labute approximate surface area is 156 Å². The van der Waals surface area contributed by atoms with Gasteiger partial charge in [-0.2, -0.15) is 22.0 Å². The first kappa shape index (κ1) is 20.9. The predicted octanol–water partition coefficient (Wildman–Crippen LogP) is 5.44. The van der Waals surface area contributed by atoms with E-state index in [1.54, 1.807) is 0 Å². The van der Waals surface area contributed by atoms with Gasteiger partial charge in [0.1, 0.15) is 22.9 Å². The van der Waals surface area contributed by atoms with Crippen molar-refractivity contribution in [1.82, 2.24) is 0 Å². The van der Waals surface area contributed by atoms with Gasteiger partial charge in [-0.3, -0.25) is 0 Å². The zero-order chi connectivity index (χ0) is 20.5. The summed E-state index contributed by atoms with van der Waals surface area (Å²) in [6.07, 6.45) is -7.20. The van der Waals surface area contributed by atoms with Crippen LogP contribution in [0.5, 0.6) is 5.75 Å². The molecule has 2 aliphatic rings. The van der Waals surface area contributed by atoms with Gasteiger partial charge in [0.05, 0.1) is 13.2 Å². The standard InChI is InChI=1S/C18H17F7O3/c19-13-8-12(9-14(20)15(13)17(21,22)23)28-18(24,25)11-4-2-10(3-5-11)16-26-6-1-7-27-16/h4,8-10,16H,1-3,5-7H2. The summed E-state index contributed by atoms with van der Waals surface area (Å²) < 4.78 is 109. The maximum atomic E-state index is 14.3. The van der Waals surface area contributed by atoms with Gasteiger partial charge in [0.25, 0.3) is 0 Å². The van der Waals surface area contributed by atoms with Gasteiger partial charge < -0.3 is 14.2 Å². The fourth-order valence-electron chi connectivity index (χ4n) is 3.24. The number of rotatable bonds is 4. The Kier molecular flexibility index (Phi) is 5.90. The Balaban J connectivity index is 1.71. The SMILES string of the molecule is Fc1cc(OC(F)(F)C2=CCC(C3OCCCO3)CC2)cc(F)c1C(F)(F)F. The topological polar surface area (TPSA) is 27.7 Å². The molecule has 0 amide bonds. The van der Waals surface area contributed by atoms with E-state index in [0.717, 1.165) is 6.42 Å². The molecule has 1 heterocycles. The lowest BCUT2D eigenvalue weighted by molar-refractivity contribution is -0.207. The Morgan fingerprint density at radius 2 is 1.57 bits per heavy atom. The molecule has 0 aromatic heterocycles. The molecular weight excluding hydrogens is 397 g/mol. The minimum atomic E-state index is -5.29. The summed E-state index contributed by atoms with van der Waals surface area (Å²) in [5.74, 6) is -5.19. The first-order valence-corrected chi connectivity index (χ1v) is 8.63. The molecule has 28 heavy (non-hydrogen) atoms. The third kappa shape index (κ3) is 4.60. The summed E-state index contributed by atoms with van der Waals surface area (Å²) in [5, 5.41) is 0. The van der Waals surface area contributed by atoms with E-state index in [-0.39, 0.29) is 30.9 Å². The molecule has 0 bridgehead atoms. The van der Waals surface area contributed by atoms with E-state index in [2.05, 4.69) is 4.74 Å². The van der Waals surface area contributed by atoms with Crippen molar-refractivity contribution in [2.45, 2.75) is 44.3 Å². The van der Waals surface area contributed by atoms with E-state index < -0.39 is 47.1 Å². The maximum Gasteiger partial charge on any atom is 0.422 e. The van der Waals surface area contributed by atoms with Gasteiger partial charge in [0, 0.05) is 23.6 Å². The van der Waals surface area contributed by atoms with Gasteiger partial charge in [0.2, 0.25) is 0 Å². The number of allylic oxidation sites excluding steroid dienone is 1. The highest BCUT2D eigenvalue weighted by atomic mass is 19.4. The van der Waals surface area contributed by atoms with Crippen LogP contribution in [0.3, 0.4) is 0 Å². The zero-order valence-electron chi connectivity index (χ0n) is 14.5. The molecule has 1 atom stereocenters. The summed E-state index contributed by atoms with van der Waals surface area (Å²) in [6, 6.07) is 0.186. The van der Waals surface area contributed by atoms with Crippen LogP contribution < -0.4 is 4.74 Å². The van der Waals surface area contributed by atoms with Gasteiger partial charge in [-0.1, -0.05) is 6.08 Å². The molecule has 156 valence electrons. The summed E-state index contributed by atoms with van der Waals surface area (Å²) in [6.45, 7) is 1.06. The molecule has 1 unspecified atom stereocenters. The third-order valence-electron chi connectivity index (χ3n) is 4.61. The summed E-state index contributed by atoms with van der Waals surface area (Å²) in [4.78, 5) is 0. The van der Waals surface area contributed by atoms with Crippen molar-refractivity contribution < 1.29 is 44.9 Å². The molecule has 10 heteroatoms. The van der Waals surface area contributed by atoms with E-state index in [1.165, 1.54) is 6.08 Å². The van der Waals surface area contributed by atoms with Gasteiger partial charge in [-0.25, -0.2) is 8.78 Å². The molecule has 1 aliphatic heterocycles. The highest BCUT2D eigenvalue weighted by Crippen LogP contribution is 2.40. The molecular formula is C18H17F7O3. The van der Waals surface area contributed by atoms with E-state index in [1.807, 2.05) is 0 Å². The van der Waals surface area contributed by atoms with Crippen molar-refractivity contribution in [3.63, 3.8) is 0 Å². The Morgan fingerprint density at radius 3 is 2.07 bits per heavy atom. The molecule has 1 aromatic rings. The van der Waals surface area contributed by atoms with E-state index in [9.17, 15) is 30.7 Å². The van der Waals surface area contributed by atoms with Crippen molar-refractivity contribution >= 4 is 0 Å². The monoisotopic (exact) mass is 414 g/mol. The number of benzene rings is 1. The first-order valence-electron chi connectivity index (χ1n) is 8.63. The van der Waals surface area contributed by atoms with Gasteiger partial charge in [-0.05, 0) is 25.7 Å². The number of hydrogen-bond acceptors (Lipinski definition) is 3. The minimum absolute atomic E-state index is 0.0769. The molecule has 1 aliphatic carbocycles. The molecule has 1 aromatic carbocycles. The second kappa shape index (κ2) is 7.90. The van der Waals surface area contributed by atoms with E-state index in [4.69, 9.17) is 9.47 Å². The Hall–Kier alpha value is -1.81. The van der Waals surface area contributed by atoms with Crippen LogP contribution in [0.2, 0.25) is 0 Å². The molecule has 3 rings (SSSR count). The molecule has 0 saturated carbocycles. The number of halogens is 7. The van der Waals surface area contributed by atoms with Crippen LogP contribution in [-0.4, -0.2) is 25.6 Å².